The third-order valence-electron chi connectivity index (χ3n) is 3.36. The Balaban J connectivity index is 2.17. The number of nitrogens with one attached hydrogen (secondary N) is 1. The van der Waals surface area contributed by atoms with Crippen LogP contribution < -0.4 is 10.1 Å². The van der Waals surface area contributed by atoms with E-state index in [1.807, 2.05) is 11.8 Å². The molecule has 2 unspecified atom stereocenters. The summed E-state index contributed by atoms with van der Waals surface area (Å²) >= 11 is 1.96. The first kappa shape index (κ1) is 11.9. The van der Waals surface area contributed by atoms with Gasteiger partial charge in [-0.1, -0.05) is 30.3 Å². The molecule has 0 bridgehead atoms. The highest BCUT2D eigenvalue weighted by atomic mass is 32.2. The largest absolute Gasteiger partial charge is 0.496 e. The molecule has 0 spiro atoms. The van der Waals surface area contributed by atoms with Crippen molar-refractivity contribution in [3.05, 3.63) is 42.0 Å². The zero-order valence-corrected chi connectivity index (χ0v) is 11.5. The monoisotopic (exact) mass is 259 g/mol. The average molecular weight is 259 g/mol. The van der Waals surface area contributed by atoms with Crippen LogP contribution in [0, 0.1) is 0 Å². The lowest BCUT2D eigenvalue weighted by molar-refractivity contribution is 0.408. The van der Waals surface area contributed by atoms with Gasteiger partial charge in [0, 0.05) is 17.4 Å². The molecule has 1 fully saturated rings. The number of benzene rings is 2. The SMILES string of the molecule is COc1ccc2ccccc2c1C1NC(C)CS1. The Kier molecular flexibility index (Phi) is 3.18. The Morgan fingerprint density at radius 2 is 2.06 bits per heavy atom. The summed E-state index contributed by atoms with van der Waals surface area (Å²) in [6.45, 7) is 2.23. The van der Waals surface area contributed by atoms with Crippen molar-refractivity contribution in [3.63, 3.8) is 0 Å². The molecule has 0 aromatic heterocycles. The molecule has 1 heterocycles. The number of fused-ring (bicyclic) bond motifs is 1. The van der Waals surface area contributed by atoms with Crippen LogP contribution in [-0.2, 0) is 0 Å². The topological polar surface area (TPSA) is 21.3 Å². The minimum absolute atomic E-state index is 0.334. The van der Waals surface area contributed by atoms with E-state index in [1.165, 1.54) is 16.3 Å². The predicted octanol–water partition coefficient (Wildman–Crippen LogP) is 3.57. The molecular weight excluding hydrogens is 242 g/mol. The zero-order valence-electron chi connectivity index (χ0n) is 10.6. The number of methoxy groups -OCH3 is 1. The summed E-state index contributed by atoms with van der Waals surface area (Å²) in [6.07, 6.45) is 0. The first-order chi connectivity index (χ1) is 8.79. The second kappa shape index (κ2) is 4.82. The Morgan fingerprint density at radius 3 is 2.78 bits per heavy atom. The summed E-state index contributed by atoms with van der Waals surface area (Å²) in [5.74, 6) is 2.13. The third-order valence-corrected chi connectivity index (χ3v) is 4.76. The number of rotatable bonds is 2. The first-order valence-electron chi connectivity index (χ1n) is 6.23. The maximum absolute atomic E-state index is 5.55. The molecule has 0 saturated carbocycles. The van der Waals surface area contributed by atoms with Gasteiger partial charge in [0.25, 0.3) is 0 Å². The molecule has 3 rings (SSSR count). The van der Waals surface area contributed by atoms with E-state index in [0.717, 1.165) is 11.5 Å². The van der Waals surface area contributed by atoms with Gasteiger partial charge in [0.15, 0.2) is 0 Å². The molecule has 1 saturated heterocycles. The van der Waals surface area contributed by atoms with Gasteiger partial charge in [-0.05, 0) is 23.8 Å². The number of hydrogen-bond donors (Lipinski definition) is 1. The lowest BCUT2D eigenvalue weighted by Crippen LogP contribution is -2.22. The minimum Gasteiger partial charge on any atom is -0.496 e. The maximum atomic E-state index is 5.55. The van der Waals surface area contributed by atoms with E-state index >= 15 is 0 Å². The second-order valence-corrected chi connectivity index (χ2v) is 5.82. The molecule has 2 aromatic rings. The highest BCUT2D eigenvalue weighted by Gasteiger charge is 2.26. The average Bonchev–Trinajstić information content (AvgIpc) is 2.83. The lowest BCUT2D eigenvalue weighted by atomic mass is 10.0. The Hall–Kier alpha value is -1.19. The molecular formula is C15H17NOS. The lowest BCUT2D eigenvalue weighted by Gasteiger charge is -2.18. The van der Waals surface area contributed by atoms with Gasteiger partial charge >= 0.3 is 0 Å². The van der Waals surface area contributed by atoms with E-state index in [4.69, 9.17) is 4.74 Å². The van der Waals surface area contributed by atoms with E-state index in [1.54, 1.807) is 7.11 Å². The van der Waals surface area contributed by atoms with Crippen molar-refractivity contribution in [2.24, 2.45) is 0 Å². The smallest absolute Gasteiger partial charge is 0.125 e. The molecule has 1 aliphatic heterocycles. The highest BCUT2D eigenvalue weighted by molar-refractivity contribution is 7.99. The molecule has 2 aromatic carbocycles. The Bertz CT molecular complexity index is 569. The minimum atomic E-state index is 0.334. The van der Waals surface area contributed by atoms with Gasteiger partial charge in [0.1, 0.15) is 5.75 Å². The van der Waals surface area contributed by atoms with Crippen LogP contribution in [-0.4, -0.2) is 18.9 Å². The number of thioether (sulfide) groups is 1. The normalized spacial score (nSPS) is 23.4. The molecule has 2 atom stereocenters. The highest BCUT2D eigenvalue weighted by Crippen LogP contribution is 2.41. The predicted molar refractivity (Wildman–Crippen MR) is 78.3 cm³/mol. The van der Waals surface area contributed by atoms with Gasteiger partial charge in [0.05, 0.1) is 12.5 Å². The summed E-state index contributed by atoms with van der Waals surface area (Å²) in [5, 5.41) is 6.52. The van der Waals surface area contributed by atoms with Gasteiger partial charge in [0.2, 0.25) is 0 Å². The van der Waals surface area contributed by atoms with Crippen molar-refractivity contribution in [1.29, 1.82) is 0 Å². The molecule has 1 N–H and O–H groups in total. The zero-order chi connectivity index (χ0) is 12.5. The maximum Gasteiger partial charge on any atom is 0.125 e. The van der Waals surface area contributed by atoms with Crippen molar-refractivity contribution in [2.75, 3.05) is 12.9 Å². The molecule has 94 valence electrons. The van der Waals surface area contributed by atoms with Crippen LogP contribution in [0.4, 0.5) is 0 Å². The van der Waals surface area contributed by atoms with E-state index in [9.17, 15) is 0 Å². The van der Waals surface area contributed by atoms with Crippen LogP contribution >= 0.6 is 11.8 Å². The summed E-state index contributed by atoms with van der Waals surface area (Å²) in [6, 6.07) is 13.3. The van der Waals surface area contributed by atoms with Crippen LogP contribution in [0.1, 0.15) is 17.9 Å². The van der Waals surface area contributed by atoms with Crippen LogP contribution in [0.2, 0.25) is 0 Å². The Labute approximate surface area is 112 Å². The summed E-state index contributed by atoms with van der Waals surface area (Å²) < 4.78 is 5.55. The van der Waals surface area contributed by atoms with E-state index in [0.29, 0.717) is 11.4 Å². The van der Waals surface area contributed by atoms with Crippen LogP contribution in [0.3, 0.4) is 0 Å². The molecule has 1 aliphatic rings. The first-order valence-corrected chi connectivity index (χ1v) is 7.28. The van der Waals surface area contributed by atoms with Gasteiger partial charge in [-0.3, -0.25) is 5.32 Å². The summed E-state index contributed by atoms with van der Waals surface area (Å²) in [4.78, 5) is 0. The fraction of sp³-hybridized carbons (Fsp3) is 0.333. The van der Waals surface area contributed by atoms with Gasteiger partial charge in [-0.15, -0.1) is 11.8 Å². The van der Waals surface area contributed by atoms with E-state index in [-0.39, 0.29) is 0 Å². The Morgan fingerprint density at radius 1 is 1.22 bits per heavy atom. The van der Waals surface area contributed by atoms with E-state index < -0.39 is 0 Å². The molecule has 2 nitrogen and oxygen atoms in total. The van der Waals surface area contributed by atoms with Crippen molar-refractivity contribution in [1.82, 2.24) is 5.32 Å². The molecule has 0 amide bonds. The number of ether oxygens (including phenoxy) is 1. The summed E-state index contributed by atoms with van der Waals surface area (Å²) in [7, 11) is 1.75. The summed E-state index contributed by atoms with van der Waals surface area (Å²) in [5.41, 5.74) is 1.28. The van der Waals surface area contributed by atoms with Crippen molar-refractivity contribution in [2.45, 2.75) is 18.3 Å². The standard InChI is InChI=1S/C15H17NOS/c1-10-9-18-15(16-10)14-12-6-4-3-5-11(12)7-8-13(14)17-2/h3-8,10,15-16H,9H2,1-2H3. The third kappa shape index (κ3) is 1.98. The number of hydrogen-bond acceptors (Lipinski definition) is 3. The van der Waals surface area contributed by atoms with Gasteiger partial charge in [-0.2, -0.15) is 0 Å². The van der Waals surface area contributed by atoms with Gasteiger partial charge < -0.3 is 4.74 Å². The van der Waals surface area contributed by atoms with Gasteiger partial charge in [-0.25, -0.2) is 0 Å². The molecule has 3 heteroatoms. The van der Waals surface area contributed by atoms with Crippen LogP contribution in [0.5, 0.6) is 5.75 Å². The van der Waals surface area contributed by atoms with Crippen molar-refractivity contribution < 1.29 is 4.74 Å². The second-order valence-electron chi connectivity index (χ2n) is 4.68. The molecule has 0 aliphatic carbocycles. The van der Waals surface area contributed by atoms with Crippen LogP contribution in [0.25, 0.3) is 10.8 Å². The van der Waals surface area contributed by atoms with Crippen molar-refractivity contribution >= 4 is 22.5 Å². The van der Waals surface area contributed by atoms with E-state index in [2.05, 4.69) is 48.6 Å². The molecule has 0 radical (unpaired) electrons. The quantitative estimate of drug-likeness (QED) is 0.891. The van der Waals surface area contributed by atoms with Crippen LogP contribution in [0.15, 0.2) is 36.4 Å². The molecule has 18 heavy (non-hydrogen) atoms. The fourth-order valence-electron chi connectivity index (χ4n) is 2.49. The fourth-order valence-corrected chi connectivity index (χ4v) is 3.80. The van der Waals surface area contributed by atoms with Crippen molar-refractivity contribution in [3.8, 4) is 5.75 Å².